The minimum absolute atomic E-state index is 0.00421. The largest absolute Gasteiger partial charge is 0.396 e. The molecule has 1 atom stereocenters. The first kappa shape index (κ1) is 9.08. The van der Waals surface area contributed by atoms with Crippen LogP contribution in [0.4, 0.5) is 5.82 Å². The van der Waals surface area contributed by atoms with Crippen molar-refractivity contribution in [3.05, 3.63) is 18.3 Å². The molecular formula is C9H11N3O2. The van der Waals surface area contributed by atoms with Gasteiger partial charge in [-0.25, -0.2) is 0 Å². The molecular weight excluding hydrogens is 182 g/mol. The molecule has 1 aliphatic rings. The Labute approximate surface area is 81.4 Å². The number of carbonyl (C=O) groups is 1. The van der Waals surface area contributed by atoms with Gasteiger partial charge < -0.3 is 5.11 Å². The van der Waals surface area contributed by atoms with Crippen LogP contribution in [0, 0.1) is 5.92 Å². The number of aliphatic hydroxyl groups excluding tert-OH is 1. The van der Waals surface area contributed by atoms with E-state index in [0.717, 1.165) is 0 Å². The van der Waals surface area contributed by atoms with Crippen LogP contribution < -0.4 is 4.90 Å². The Morgan fingerprint density at radius 3 is 3.07 bits per heavy atom. The van der Waals surface area contributed by atoms with Gasteiger partial charge in [-0.3, -0.25) is 9.69 Å². The summed E-state index contributed by atoms with van der Waals surface area (Å²) in [5.74, 6) is 0.600. The number of aliphatic hydroxyl groups is 1. The highest BCUT2D eigenvalue weighted by molar-refractivity contribution is 5.94. The first-order valence-corrected chi connectivity index (χ1v) is 4.50. The predicted molar refractivity (Wildman–Crippen MR) is 49.6 cm³/mol. The van der Waals surface area contributed by atoms with E-state index in [4.69, 9.17) is 5.11 Å². The molecule has 1 aliphatic heterocycles. The summed E-state index contributed by atoms with van der Waals surface area (Å²) in [6, 6.07) is 3.48. The van der Waals surface area contributed by atoms with Crippen LogP contribution in [0.25, 0.3) is 0 Å². The number of carbonyl (C=O) groups excluding carboxylic acids is 1. The third-order valence-electron chi connectivity index (χ3n) is 2.30. The smallest absolute Gasteiger partial charge is 0.228 e. The van der Waals surface area contributed by atoms with Crippen molar-refractivity contribution in [1.29, 1.82) is 0 Å². The monoisotopic (exact) mass is 193 g/mol. The lowest BCUT2D eigenvalue weighted by Gasteiger charge is -2.13. The van der Waals surface area contributed by atoms with E-state index < -0.39 is 0 Å². The lowest BCUT2D eigenvalue weighted by molar-refractivity contribution is -0.117. The molecule has 2 heterocycles. The predicted octanol–water partition coefficient (Wildman–Crippen LogP) is -0.178. The van der Waals surface area contributed by atoms with Gasteiger partial charge >= 0.3 is 0 Å². The lowest BCUT2D eigenvalue weighted by atomic mass is 10.1. The van der Waals surface area contributed by atoms with Crippen molar-refractivity contribution in [1.82, 2.24) is 10.2 Å². The molecule has 1 amide bonds. The van der Waals surface area contributed by atoms with Crippen molar-refractivity contribution >= 4 is 11.7 Å². The number of hydrogen-bond acceptors (Lipinski definition) is 4. The van der Waals surface area contributed by atoms with Crippen molar-refractivity contribution in [2.24, 2.45) is 5.92 Å². The molecule has 14 heavy (non-hydrogen) atoms. The zero-order valence-corrected chi connectivity index (χ0v) is 7.63. The highest BCUT2D eigenvalue weighted by atomic mass is 16.3. The SMILES string of the molecule is O=C1CC(CO)CN1c1cccnn1. The van der Waals surface area contributed by atoms with E-state index in [2.05, 4.69) is 10.2 Å². The fourth-order valence-electron chi connectivity index (χ4n) is 1.56. The molecule has 1 aromatic rings. The van der Waals surface area contributed by atoms with Gasteiger partial charge in [-0.15, -0.1) is 5.10 Å². The van der Waals surface area contributed by atoms with Crippen LogP contribution in [0.15, 0.2) is 18.3 Å². The van der Waals surface area contributed by atoms with Crippen molar-refractivity contribution < 1.29 is 9.90 Å². The molecule has 74 valence electrons. The van der Waals surface area contributed by atoms with Crippen LogP contribution in [0.3, 0.4) is 0 Å². The van der Waals surface area contributed by atoms with Crippen molar-refractivity contribution in [3.63, 3.8) is 0 Å². The Hall–Kier alpha value is -1.49. The minimum atomic E-state index is 0.00421. The van der Waals surface area contributed by atoms with E-state index in [1.54, 1.807) is 23.2 Å². The zero-order valence-electron chi connectivity index (χ0n) is 7.63. The van der Waals surface area contributed by atoms with Gasteiger partial charge in [0, 0.05) is 31.7 Å². The summed E-state index contributed by atoms with van der Waals surface area (Å²) in [6.07, 6.45) is 1.96. The van der Waals surface area contributed by atoms with Gasteiger partial charge in [-0.05, 0) is 12.1 Å². The molecule has 0 aliphatic carbocycles. The van der Waals surface area contributed by atoms with Gasteiger partial charge in [0.05, 0.1) is 0 Å². The van der Waals surface area contributed by atoms with Gasteiger partial charge in [0.1, 0.15) is 0 Å². The van der Waals surface area contributed by atoms with E-state index in [9.17, 15) is 4.79 Å². The Kier molecular flexibility index (Phi) is 2.41. The number of anilines is 1. The Bertz CT molecular complexity index is 328. The normalized spacial score (nSPS) is 21.6. The Morgan fingerprint density at radius 1 is 1.64 bits per heavy atom. The second-order valence-corrected chi connectivity index (χ2v) is 3.34. The van der Waals surface area contributed by atoms with Gasteiger partial charge in [0.25, 0.3) is 0 Å². The molecule has 0 spiro atoms. The van der Waals surface area contributed by atoms with E-state index in [-0.39, 0.29) is 18.4 Å². The average molecular weight is 193 g/mol. The Morgan fingerprint density at radius 2 is 2.50 bits per heavy atom. The second-order valence-electron chi connectivity index (χ2n) is 3.34. The molecule has 0 saturated carbocycles. The number of amides is 1. The van der Waals surface area contributed by atoms with Gasteiger partial charge in [0.15, 0.2) is 5.82 Å². The maximum atomic E-state index is 11.5. The van der Waals surface area contributed by atoms with Crippen LogP contribution >= 0.6 is 0 Å². The van der Waals surface area contributed by atoms with E-state index in [0.29, 0.717) is 18.8 Å². The average Bonchev–Trinajstić information content (AvgIpc) is 2.61. The molecule has 5 nitrogen and oxygen atoms in total. The van der Waals surface area contributed by atoms with E-state index in [1.807, 2.05) is 0 Å². The third kappa shape index (κ3) is 1.58. The van der Waals surface area contributed by atoms with Crippen LogP contribution in [-0.4, -0.2) is 34.4 Å². The summed E-state index contributed by atoms with van der Waals surface area (Å²) in [5, 5.41) is 16.5. The van der Waals surface area contributed by atoms with E-state index >= 15 is 0 Å². The summed E-state index contributed by atoms with van der Waals surface area (Å²) >= 11 is 0. The minimum Gasteiger partial charge on any atom is -0.396 e. The van der Waals surface area contributed by atoms with Crippen molar-refractivity contribution in [2.75, 3.05) is 18.1 Å². The zero-order chi connectivity index (χ0) is 9.97. The molecule has 1 fully saturated rings. The van der Waals surface area contributed by atoms with Crippen molar-refractivity contribution in [2.45, 2.75) is 6.42 Å². The van der Waals surface area contributed by atoms with Gasteiger partial charge in [-0.2, -0.15) is 5.10 Å². The van der Waals surface area contributed by atoms with E-state index in [1.165, 1.54) is 0 Å². The standard InChI is InChI=1S/C9H11N3O2/c13-6-7-4-9(14)12(5-7)8-2-1-3-10-11-8/h1-3,7,13H,4-6H2. The second kappa shape index (κ2) is 3.71. The Balaban J connectivity index is 2.17. The lowest BCUT2D eigenvalue weighted by Crippen LogP contribution is -2.26. The summed E-state index contributed by atoms with van der Waals surface area (Å²) in [7, 11) is 0. The van der Waals surface area contributed by atoms with Gasteiger partial charge in [0.2, 0.25) is 5.91 Å². The first-order valence-electron chi connectivity index (χ1n) is 4.50. The quantitative estimate of drug-likeness (QED) is 0.707. The van der Waals surface area contributed by atoms with Crippen LogP contribution in [0.2, 0.25) is 0 Å². The van der Waals surface area contributed by atoms with Gasteiger partial charge in [-0.1, -0.05) is 0 Å². The number of aromatic nitrogens is 2. The molecule has 1 aromatic heterocycles. The van der Waals surface area contributed by atoms with Crippen LogP contribution in [0.5, 0.6) is 0 Å². The number of hydrogen-bond donors (Lipinski definition) is 1. The van der Waals surface area contributed by atoms with Crippen LogP contribution in [0.1, 0.15) is 6.42 Å². The molecule has 1 saturated heterocycles. The number of nitrogens with zero attached hydrogens (tertiary/aromatic N) is 3. The number of rotatable bonds is 2. The molecule has 1 N–H and O–H groups in total. The molecule has 0 aromatic carbocycles. The first-order chi connectivity index (χ1) is 6.81. The highest BCUT2D eigenvalue weighted by Crippen LogP contribution is 2.21. The molecule has 0 bridgehead atoms. The molecule has 5 heteroatoms. The summed E-state index contributed by atoms with van der Waals surface area (Å²) in [6.45, 7) is 0.580. The summed E-state index contributed by atoms with van der Waals surface area (Å²) in [4.78, 5) is 13.1. The van der Waals surface area contributed by atoms with Crippen molar-refractivity contribution in [3.8, 4) is 0 Å². The fourth-order valence-corrected chi connectivity index (χ4v) is 1.56. The maximum Gasteiger partial charge on any atom is 0.228 e. The molecule has 0 radical (unpaired) electrons. The molecule has 1 unspecified atom stereocenters. The molecule has 2 rings (SSSR count). The fraction of sp³-hybridized carbons (Fsp3) is 0.444. The third-order valence-corrected chi connectivity index (χ3v) is 2.30. The topological polar surface area (TPSA) is 66.3 Å². The van der Waals surface area contributed by atoms with Crippen LogP contribution in [-0.2, 0) is 4.79 Å². The summed E-state index contributed by atoms with van der Waals surface area (Å²) < 4.78 is 0. The summed E-state index contributed by atoms with van der Waals surface area (Å²) in [5.41, 5.74) is 0. The maximum absolute atomic E-state index is 11.5. The highest BCUT2D eigenvalue weighted by Gasteiger charge is 2.30.